The Labute approximate surface area is 248 Å². The van der Waals surface area contributed by atoms with Gasteiger partial charge in [0.2, 0.25) is 10.0 Å². The van der Waals surface area contributed by atoms with Crippen molar-refractivity contribution in [3.63, 3.8) is 0 Å². The van der Waals surface area contributed by atoms with Crippen molar-refractivity contribution >= 4 is 21.7 Å². The second kappa shape index (κ2) is 12.4. The molecule has 2 aliphatic heterocycles. The highest BCUT2D eigenvalue weighted by atomic mass is 32.2. The number of aromatic nitrogens is 2. The predicted molar refractivity (Wildman–Crippen MR) is 160 cm³/mol. The van der Waals surface area contributed by atoms with Gasteiger partial charge in [0.1, 0.15) is 17.9 Å². The number of carbonyl (C=O) groups excluding carboxylic acids is 1. The van der Waals surface area contributed by atoms with Gasteiger partial charge >= 0.3 is 0 Å². The summed E-state index contributed by atoms with van der Waals surface area (Å²) >= 11 is 0. The van der Waals surface area contributed by atoms with Crippen molar-refractivity contribution in [3.8, 4) is 11.5 Å². The third-order valence-corrected chi connectivity index (χ3v) is 9.92. The maximum absolute atomic E-state index is 14.1. The largest absolute Gasteiger partial charge is 0.451 e. The van der Waals surface area contributed by atoms with E-state index >= 15 is 0 Å². The molecule has 0 bridgehead atoms. The topological polar surface area (TPSA) is 108 Å². The van der Waals surface area contributed by atoms with Crippen molar-refractivity contribution in [2.75, 3.05) is 50.9 Å². The van der Waals surface area contributed by atoms with Gasteiger partial charge in [0, 0.05) is 44.2 Å². The highest BCUT2D eigenvalue weighted by molar-refractivity contribution is 7.88. The molecule has 2 aromatic rings. The Balaban J connectivity index is 1.16. The van der Waals surface area contributed by atoms with Crippen LogP contribution in [0.15, 0.2) is 30.7 Å². The molecule has 42 heavy (non-hydrogen) atoms. The average Bonchev–Trinajstić information content (AvgIpc) is 2.93. The molecule has 1 saturated carbocycles. The van der Waals surface area contributed by atoms with Crippen LogP contribution >= 0.6 is 0 Å². The van der Waals surface area contributed by atoms with Crippen molar-refractivity contribution in [3.05, 3.63) is 42.1 Å². The number of carbonyl (C=O) groups is 1. The number of hydrogen-bond donors (Lipinski definition) is 1. The molecular weight excluding hydrogens is 559 g/mol. The van der Waals surface area contributed by atoms with Crippen LogP contribution in [0.3, 0.4) is 0 Å². The number of nitrogens with zero attached hydrogens (tertiary/aromatic N) is 5. The minimum Gasteiger partial charge on any atom is -0.451 e. The van der Waals surface area contributed by atoms with Gasteiger partial charge in [-0.3, -0.25) is 4.79 Å². The van der Waals surface area contributed by atoms with Gasteiger partial charge in [0.15, 0.2) is 11.6 Å². The van der Waals surface area contributed by atoms with Crippen LogP contribution in [-0.2, 0) is 10.0 Å². The molecule has 3 fully saturated rings. The maximum atomic E-state index is 14.1. The number of benzene rings is 1. The van der Waals surface area contributed by atoms with Gasteiger partial charge in [-0.05, 0) is 89.6 Å². The van der Waals surface area contributed by atoms with Crippen LogP contribution < -0.4 is 14.4 Å². The summed E-state index contributed by atoms with van der Waals surface area (Å²) in [6.07, 6.45) is 10.5. The average molecular weight is 603 g/mol. The van der Waals surface area contributed by atoms with Crippen molar-refractivity contribution in [1.82, 2.24) is 24.5 Å². The fraction of sp³-hybridized carbons (Fsp3) is 0.633. The van der Waals surface area contributed by atoms with E-state index in [0.29, 0.717) is 17.5 Å². The number of likely N-dealkylation sites (tertiary alicyclic amines) is 1. The molecule has 3 aliphatic rings. The number of piperidine rings is 1. The fourth-order valence-corrected chi connectivity index (χ4v) is 7.33. The number of halogens is 1. The molecule has 0 unspecified atom stereocenters. The van der Waals surface area contributed by atoms with Crippen molar-refractivity contribution in [2.45, 2.75) is 64.5 Å². The number of ether oxygens (including phenoxy) is 1. The van der Waals surface area contributed by atoms with E-state index in [9.17, 15) is 17.6 Å². The second-order valence-electron chi connectivity index (χ2n) is 12.7. The summed E-state index contributed by atoms with van der Waals surface area (Å²) in [6.45, 7) is 8.76. The van der Waals surface area contributed by atoms with Gasteiger partial charge < -0.3 is 19.4 Å². The monoisotopic (exact) mass is 602 g/mol. The number of nitrogens with one attached hydrogen (secondary N) is 1. The first-order valence-corrected chi connectivity index (χ1v) is 16.8. The fourth-order valence-electron chi connectivity index (χ4n) is 6.49. The summed E-state index contributed by atoms with van der Waals surface area (Å²) in [6, 6.07) is 4.01. The van der Waals surface area contributed by atoms with Crippen molar-refractivity contribution < 1.29 is 22.3 Å². The lowest BCUT2D eigenvalue weighted by molar-refractivity contribution is 0.0618. The second-order valence-corrected chi connectivity index (χ2v) is 14.5. The predicted octanol–water partition coefficient (Wildman–Crippen LogP) is 3.90. The summed E-state index contributed by atoms with van der Waals surface area (Å²) in [5.41, 5.74) is 0.404. The molecule has 0 atom stereocenters. The normalized spacial score (nSPS) is 22.7. The third-order valence-electron chi connectivity index (χ3n) is 9.16. The molecule has 1 aromatic carbocycles. The molecule has 1 aromatic heterocycles. The number of rotatable bonds is 9. The van der Waals surface area contributed by atoms with E-state index in [-0.39, 0.29) is 34.7 Å². The van der Waals surface area contributed by atoms with Gasteiger partial charge in [-0.15, -0.1) is 0 Å². The van der Waals surface area contributed by atoms with Crippen molar-refractivity contribution in [2.24, 2.45) is 11.3 Å². The van der Waals surface area contributed by atoms with E-state index in [1.165, 1.54) is 30.8 Å². The van der Waals surface area contributed by atoms with Gasteiger partial charge in [-0.1, -0.05) is 0 Å². The number of anilines is 1. The Bertz CT molecular complexity index is 1370. The van der Waals surface area contributed by atoms with Crippen LogP contribution in [0.5, 0.6) is 11.5 Å². The molecule has 1 aliphatic carbocycles. The summed E-state index contributed by atoms with van der Waals surface area (Å²) < 4.78 is 46.2. The highest BCUT2D eigenvalue weighted by Gasteiger charge is 2.46. The molecule has 1 spiro atoms. The number of hydrogen-bond acceptors (Lipinski definition) is 8. The molecule has 10 nitrogen and oxygen atoms in total. The van der Waals surface area contributed by atoms with Crippen LogP contribution in [0.1, 0.15) is 62.7 Å². The quantitative estimate of drug-likeness (QED) is 0.461. The Hall–Kier alpha value is -2.83. The maximum Gasteiger partial charge on any atom is 0.257 e. The summed E-state index contributed by atoms with van der Waals surface area (Å²) in [7, 11) is -1.46. The zero-order valence-electron chi connectivity index (χ0n) is 25.1. The molecule has 0 radical (unpaired) electrons. The lowest BCUT2D eigenvalue weighted by Crippen LogP contribution is -2.61. The summed E-state index contributed by atoms with van der Waals surface area (Å²) in [5, 5.41) is 0. The Morgan fingerprint density at radius 2 is 1.86 bits per heavy atom. The van der Waals surface area contributed by atoms with E-state index in [1.807, 2.05) is 13.8 Å². The first kappa shape index (κ1) is 30.6. The molecule has 230 valence electrons. The molecule has 2 saturated heterocycles. The first-order chi connectivity index (χ1) is 19.9. The van der Waals surface area contributed by atoms with E-state index in [1.54, 1.807) is 18.1 Å². The smallest absolute Gasteiger partial charge is 0.257 e. The zero-order valence-corrected chi connectivity index (χ0v) is 25.9. The van der Waals surface area contributed by atoms with Crippen LogP contribution in [-0.4, -0.2) is 92.2 Å². The minimum absolute atomic E-state index is 0.0489. The molecule has 1 amide bonds. The van der Waals surface area contributed by atoms with Gasteiger partial charge in [0.05, 0.1) is 18.0 Å². The van der Waals surface area contributed by atoms with Gasteiger partial charge in [0.25, 0.3) is 5.91 Å². The van der Waals surface area contributed by atoms with E-state index in [0.717, 1.165) is 71.2 Å². The van der Waals surface area contributed by atoms with Gasteiger partial charge in [-0.2, -0.15) is 0 Å². The Morgan fingerprint density at radius 3 is 2.50 bits per heavy atom. The minimum atomic E-state index is -3.14. The SMILES string of the molecule is CC(C)N(C)C(=O)c1cc(F)ccc1Oc1cncnc1N1CC2(CCN(CC3CCC(NS(C)(=O)=O)CC3)CC2)C1. The molecule has 1 N–H and O–H groups in total. The van der Waals surface area contributed by atoms with E-state index in [4.69, 9.17) is 4.74 Å². The summed E-state index contributed by atoms with van der Waals surface area (Å²) in [5.74, 6) is 1.20. The standard InChI is InChI=1S/C30H43FN6O4S/c1-21(2)35(3)29(38)25-15-23(31)7-10-26(25)41-27-16-32-20-33-28(27)37-18-30(19-37)11-13-36(14-12-30)17-22-5-8-24(9-6-22)34-42(4,39)40/h7,10,15-16,20-22,24,34H,5-6,8-9,11-14,17-19H2,1-4H3. The van der Waals surface area contributed by atoms with E-state index < -0.39 is 15.8 Å². The van der Waals surface area contributed by atoms with Crippen molar-refractivity contribution in [1.29, 1.82) is 0 Å². The molecule has 3 heterocycles. The zero-order chi connectivity index (χ0) is 30.1. The van der Waals surface area contributed by atoms with Gasteiger partial charge in [-0.25, -0.2) is 27.5 Å². The molecule has 12 heteroatoms. The van der Waals surface area contributed by atoms with Crippen LogP contribution in [0.2, 0.25) is 0 Å². The first-order valence-electron chi connectivity index (χ1n) is 14.9. The highest BCUT2D eigenvalue weighted by Crippen LogP contribution is 2.45. The molecule has 5 rings (SSSR count). The van der Waals surface area contributed by atoms with Crippen LogP contribution in [0.4, 0.5) is 10.2 Å². The third kappa shape index (κ3) is 7.20. The van der Waals surface area contributed by atoms with Crippen LogP contribution in [0, 0.1) is 17.2 Å². The molecular formula is C30H43FN6O4S. The Kier molecular flexibility index (Phi) is 9.05. The van der Waals surface area contributed by atoms with E-state index in [2.05, 4.69) is 24.5 Å². The number of sulfonamides is 1. The Morgan fingerprint density at radius 1 is 1.17 bits per heavy atom. The van der Waals surface area contributed by atoms with Crippen LogP contribution in [0.25, 0.3) is 0 Å². The lowest BCUT2D eigenvalue weighted by Gasteiger charge is -2.54. The lowest BCUT2D eigenvalue weighted by atomic mass is 9.71. The number of amides is 1. The summed E-state index contributed by atoms with van der Waals surface area (Å²) in [4.78, 5) is 28.1.